The van der Waals surface area contributed by atoms with Gasteiger partial charge in [-0.3, -0.25) is 9.59 Å². The van der Waals surface area contributed by atoms with Crippen LogP contribution in [0.2, 0.25) is 0 Å². The van der Waals surface area contributed by atoms with E-state index in [4.69, 9.17) is 4.74 Å². The van der Waals surface area contributed by atoms with Gasteiger partial charge in [0, 0.05) is 12.8 Å². The van der Waals surface area contributed by atoms with Gasteiger partial charge >= 0.3 is 5.97 Å². The van der Waals surface area contributed by atoms with Crippen molar-refractivity contribution >= 4 is 17.8 Å². The third kappa shape index (κ3) is 5.77. The van der Waals surface area contributed by atoms with E-state index in [1.165, 1.54) is 12.1 Å². The molecule has 2 amide bonds. The molecule has 2 rings (SSSR count). The molecule has 0 spiro atoms. The molecule has 0 aromatic heterocycles. The lowest BCUT2D eigenvalue weighted by atomic mass is 10.0. The van der Waals surface area contributed by atoms with Gasteiger partial charge in [-0.2, -0.15) is 0 Å². The van der Waals surface area contributed by atoms with Crippen molar-refractivity contribution in [3.63, 3.8) is 0 Å². The SMILES string of the molecule is CC(C)OC(=O)[C@H](Cc1ccc(O)cc1)NC(=O)C1CCCC(=O)N1. The standard InChI is InChI=1S/C18H24N2O5/c1-11(2)25-18(24)15(10-12-6-8-13(21)9-7-12)20-17(23)14-4-3-5-16(22)19-14/h6-9,11,14-15,21H,3-5,10H2,1-2H3,(H,19,22)(H,20,23)/t14?,15-/m0/s1. The normalized spacial score (nSPS) is 18.4. The molecule has 0 aliphatic carbocycles. The van der Waals surface area contributed by atoms with E-state index < -0.39 is 24.0 Å². The number of hydrogen-bond donors (Lipinski definition) is 3. The summed E-state index contributed by atoms with van der Waals surface area (Å²) >= 11 is 0. The number of phenols is 1. The van der Waals surface area contributed by atoms with Crippen molar-refractivity contribution in [1.82, 2.24) is 10.6 Å². The number of nitrogens with one attached hydrogen (secondary N) is 2. The maximum atomic E-state index is 12.4. The van der Waals surface area contributed by atoms with Crippen LogP contribution in [0.5, 0.6) is 5.75 Å². The van der Waals surface area contributed by atoms with Crippen LogP contribution >= 0.6 is 0 Å². The Balaban J connectivity index is 2.07. The molecule has 7 nitrogen and oxygen atoms in total. The molecular weight excluding hydrogens is 324 g/mol. The molecule has 0 radical (unpaired) electrons. The molecular formula is C18H24N2O5. The molecule has 136 valence electrons. The summed E-state index contributed by atoms with van der Waals surface area (Å²) in [6.45, 7) is 3.47. The van der Waals surface area contributed by atoms with Gasteiger partial charge in [0.15, 0.2) is 0 Å². The lowest BCUT2D eigenvalue weighted by Crippen LogP contribution is -2.54. The molecule has 1 aliphatic rings. The van der Waals surface area contributed by atoms with Crippen LogP contribution in [0.25, 0.3) is 0 Å². The predicted molar refractivity (Wildman–Crippen MR) is 90.8 cm³/mol. The van der Waals surface area contributed by atoms with Crippen LogP contribution in [-0.2, 0) is 25.5 Å². The van der Waals surface area contributed by atoms with Gasteiger partial charge in [0.25, 0.3) is 0 Å². The number of ether oxygens (including phenoxy) is 1. The Morgan fingerprint density at radius 3 is 2.60 bits per heavy atom. The van der Waals surface area contributed by atoms with E-state index in [1.54, 1.807) is 26.0 Å². The number of piperidine rings is 1. The number of phenolic OH excluding ortho intramolecular Hbond substituents is 1. The van der Waals surface area contributed by atoms with Gasteiger partial charge < -0.3 is 20.5 Å². The number of hydrogen-bond acceptors (Lipinski definition) is 5. The summed E-state index contributed by atoms with van der Waals surface area (Å²) in [4.78, 5) is 36.2. The number of benzene rings is 1. The van der Waals surface area contributed by atoms with Crippen molar-refractivity contribution in [3.05, 3.63) is 29.8 Å². The maximum Gasteiger partial charge on any atom is 0.329 e. The molecule has 25 heavy (non-hydrogen) atoms. The van der Waals surface area contributed by atoms with Crippen molar-refractivity contribution in [2.75, 3.05) is 0 Å². The topological polar surface area (TPSA) is 105 Å². The molecule has 1 aromatic carbocycles. The van der Waals surface area contributed by atoms with Gasteiger partial charge in [-0.25, -0.2) is 4.79 Å². The van der Waals surface area contributed by atoms with E-state index in [0.29, 0.717) is 19.3 Å². The Morgan fingerprint density at radius 2 is 2.00 bits per heavy atom. The molecule has 1 heterocycles. The van der Waals surface area contributed by atoms with Gasteiger partial charge in [-0.05, 0) is 44.4 Å². The highest BCUT2D eigenvalue weighted by atomic mass is 16.5. The average molecular weight is 348 g/mol. The Labute approximate surface area is 146 Å². The van der Waals surface area contributed by atoms with Crippen LogP contribution in [0, 0.1) is 0 Å². The van der Waals surface area contributed by atoms with Gasteiger partial charge in [-0.1, -0.05) is 12.1 Å². The first-order valence-electron chi connectivity index (χ1n) is 8.43. The summed E-state index contributed by atoms with van der Waals surface area (Å²) in [5.41, 5.74) is 0.775. The lowest BCUT2D eigenvalue weighted by Gasteiger charge is -2.25. The van der Waals surface area contributed by atoms with E-state index in [0.717, 1.165) is 5.56 Å². The quantitative estimate of drug-likeness (QED) is 0.666. The monoisotopic (exact) mass is 348 g/mol. The zero-order chi connectivity index (χ0) is 18.4. The number of carbonyl (C=O) groups is 3. The second-order valence-corrected chi connectivity index (χ2v) is 6.43. The van der Waals surface area contributed by atoms with Gasteiger partial charge in [-0.15, -0.1) is 0 Å². The fraction of sp³-hybridized carbons (Fsp3) is 0.500. The summed E-state index contributed by atoms with van der Waals surface area (Å²) in [7, 11) is 0. The van der Waals surface area contributed by atoms with Crippen molar-refractivity contribution < 1.29 is 24.2 Å². The summed E-state index contributed by atoms with van der Waals surface area (Å²) in [5.74, 6) is -0.957. The minimum atomic E-state index is -0.863. The average Bonchev–Trinajstić information content (AvgIpc) is 2.55. The van der Waals surface area contributed by atoms with Crippen molar-refractivity contribution in [1.29, 1.82) is 0 Å². The molecule has 3 N–H and O–H groups in total. The molecule has 7 heteroatoms. The van der Waals surface area contributed by atoms with Crippen molar-refractivity contribution in [3.8, 4) is 5.75 Å². The second kappa shape index (κ2) is 8.50. The number of rotatable bonds is 6. The minimum Gasteiger partial charge on any atom is -0.508 e. The van der Waals surface area contributed by atoms with Crippen LogP contribution < -0.4 is 10.6 Å². The molecule has 1 saturated heterocycles. The second-order valence-electron chi connectivity index (χ2n) is 6.43. The van der Waals surface area contributed by atoms with Crippen LogP contribution in [0.1, 0.15) is 38.7 Å². The molecule has 0 bridgehead atoms. The van der Waals surface area contributed by atoms with E-state index in [2.05, 4.69) is 10.6 Å². The molecule has 2 atom stereocenters. The third-order valence-electron chi connectivity index (χ3n) is 3.88. The summed E-state index contributed by atoms with van der Waals surface area (Å²) in [6.07, 6.45) is 1.53. The van der Waals surface area contributed by atoms with Crippen LogP contribution in [-0.4, -0.2) is 41.1 Å². The summed E-state index contributed by atoms with van der Waals surface area (Å²) in [5, 5.41) is 14.7. The molecule has 1 aromatic rings. The largest absolute Gasteiger partial charge is 0.508 e. The van der Waals surface area contributed by atoms with E-state index in [9.17, 15) is 19.5 Å². The predicted octanol–water partition coefficient (Wildman–Crippen LogP) is 1.04. The summed E-state index contributed by atoms with van der Waals surface area (Å²) < 4.78 is 5.23. The molecule has 0 saturated carbocycles. The maximum absolute atomic E-state index is 12.4. The number of amides is 2. The van der Waals surface area contributed by atoms with Gasteiger partial charge in [0.1, 0.15) is 17.8 Å². The molecule has 1 fully saturated rings. The zero-order valence-electron chi connectivity index (χ0n) is 14.5. The zero-order valence-corrected chi connectivity index (χ0v) is 14.5. The highest BCUT2D eigenvalue weighted by molar-refractivity contribution is 5.91. The van der Waals surface area contributed by atoms with Crippen molar-refractivity contribution in [2.45, 2.75) is 57.7 Å². The van der Waals surface area contributed by atoms with E-state index in [1.807, 2.05) is 0 Å². The lowest BCUT2D eigenvalue weighted by molar-refractivity contribution is -0.151. The van der Waals surface area contributed by atoms with E-state index in [-0.39, 0.29) is 24.2 Å². The van der Waals surface area contributed by atoms with Gasteiger partial charge in [0.05, 0.1) is 6.10 Å². The first-order valence-corrected chi connectivity index (χ1v) is 8.43. The highest BCUT2D eigenvalue weighted by Gasteiger charge is 2.29. The Bertz CT molecular complexity index is 627. The summed E-state index contributed by atoms with van der Waals surface area (Å²) in [6, 6.07) is 4.90. The number of carbonyl (C=O) groups excluding carboxylic acids is 3. The number of aromatic hydroxyl groups is 1. The van der Waals surface area contributed by atoms with Crippen LogP contribution in [0.3, 0.4) is 0 Å². The third-order valence-corrected chi connectivity index (χ3v) is 3.88. The Kier molecular flexibility index (Phi) is 6.38. The van der Waals surface area contributed by atoms with Crippen molar-refractivity contribution in [2.24, 2.45) is 0 Å². The number of esters is 1. The fourth-order valence-electron chi connectivity index (χ4n) is 2.65. The fourth-order valence-corrected chi connectivity index (χ4v) is 2.65. The highest BCUT2D eigenvalue weighted by Crippen LogP contribution is 2.13. The smallest absolute Gasteiger partial charge is 0.329 e. The first-order chi connectivity index (χ1) is 11.8. The minimum absolute atomic E-state index is 0.124. The van der Waals surface area contributed by atoms with Crippen LogP contribution in [0.4, 0.5) is 0 Å². The Hall–Kier alpha value is -2.57. The molecule has 1 unspecified atom stereocenters. The first kappa shape index (κ1) is 18.8. The van der Waals surface area contributed by atoms with Gasteiger partial charge in [0.2, 0.25) is 11.8 Å². The van der Waals surface area contributed by atoms with E-state index >= 15 is 0 Å². The Morgan fingerprint density at radius 1 is 1.32 bits per heavy atom. The molecule has 1 aliphatic heterocycles. The van der Waals surface area contributed by atoms with Crippen LogP contribution in [0.15, 0.2) is 24.3 Å².